The molecule has 2 aliphatic heterocycles. The Balaban J connectivity index is 1.28. The van der Waals surface area contributed by atoms with Crippen molar-refractivity contribution in [2.45, 2.75) is 44.4 Å². The number of nitrogens with one attached hydrogen (secondary N) is 2. The highest BCUT2D eigenvalue weighted by Gasteiger charge is 2.49. The van der Waals surface area contributed by atoms with Crippen molar-refractivity contribution in [3.8, 4) is 17.3 Å². The Morgan fingerprint density at radius 3 is 2.67 bits per heavy atom. The van der Waals surface area contributed by atoms with Gasteiger partial charge in [0.15, 0.2) is 11.3 Å². The van der Waals surface area contributed by atoms with E-state index < -0.39 is 11.4 Å². The summed E-state index contributed by atoms with van der Waals surface area (Å²) in [6, 6.07) is 5.88. The second-order valence-corrected chi connectivity index (χ2v) is 14.2. The van der Waals surface area contributed by atoms with E-state index in [9.17, 15) is 9.81 Å². The number of hydrogen-bond donors (Lipinski definition) is 2. The Morgan fingerprint density at radius 2 is 1.98 bits per heavy atom. The molecule has 6 rings (SSSR count). The van der Waals surface area contributed by atoms with Crippen LogP contribution in [0.1, 0.15) is 39.3 Å². The molecule has 3 aromatic heterocycles. The fourth-order valence-electron chi connectivity index (χ4n) is 5.50. The third kappa shape index (κ3) is 4.49. The number of aromatic nitrogens is 6. The van der Waals surface area contributed by atoms with Crippen LogP contribution in [-0.4, -0.2) is 71.6 Å². The highest BCUT2D eigenvalue weighted by molar-refractivity contribution is 7.90. The van der Waals surface area contributed by atoms with Crippen LogP contribution in [0.15, 0.2) is 12.1 Å². The number of nitrogens with zero attached hydrogens (tertiary/aromatic N) is 7. The average Bonchev–Trinajstić information content (AvgIpc) is 3.60. The van der Waals surface area contributed by atoms with Gasteiger partial charge in [-0.15, -0.1) is 4.72 Å². The van der Waals surface area contributed by atoms with Crippen molar-refractivity contribution < 1.29 is 9.29 Å². The molecule has 1 aromatic carbocycles. The molecule has 11 nitrogen and oxygen atoms in total. The zero-order chi connectivity index (χ0) is 28.4. The molecule has 0 aliphatic carbocycles. The Kier molecular flexibility index (Phi) is 6.88. The lowest BCUT2D eigenvalue weighted by molar-refractivity contribution is 0.130. The Bertz CT molecular complexity index is 1650. The number of fused-ring (bicyclic) bond motifs is 2. The Hall–Kier alpha value is -2.66. The lowest BCUT2D eigenvalue weighted by Crippen LogP contribution is -2.55. The number of hydrogen-bond acceptors (Lipinski definition) is 9. The summed E-state index contributed by atoms with van der Waals surface area (Å²) >= 11 is 12.0. The van der Waals surface area contributed by atoms with Gasteiger partial charge in [-0.2, -0.15) is 20.4 Å². The molecule has 1 spiro atoms. The summed E-state index contributed by atoms with van der Waals surface area (Å²) in [6.07, 6.45) is 1.64. The molecule has 0 bridgehead atoms. The number of piperidine rings is 1. The number of H-pyrrole nitrogens is 1. The highest BCUT2D eigenvalue weighted by Crippen LogP contribution is 2.42. The fourth-order valence-corrected chi connectivity index (χ4v) is 7.05. The third-order valence-corrected chi connectivity index (χ3v) is 10.3. The van der Waals surface area contributed by atoms with Crippen LogP contribution in [0.25, 0.3) is 33.2 Å². The van der Waals surface area contributed by atoms with E-state index in [0.717, 1.165) is 12.8 Å². The summed E-state index contributed by atoms with van der Waals surface area (Å²) in [5.41, 5.74) is 2.33. The summed E-state index contributed by atoms with van der Waals surface area (Å²) in [5.74, 6) is 0.454. The number of nitriles is 1. The van der Waals surface area contributed by atoms with Crippen molar-refractivity contribution >= 4 is 62.4 Å². The first-order valence-corrected chi connectivity index (χ1v) is 14.9. The molecule has 2 N–H and O–H groups in total. The monoisotopic (exact) mass is 601 g/mol. The van der Waals surface area contributed by atoms with Crippen LogP contribution in [0.3, 0.4) is 0 Å². The first kappa shape index (κ1) is 27.5. The first-order chi connectivity index (χ1) is 19.0. The molecular weight excluding hydrogens is 573 g/mol. The number of ether oxygens (including phenoxy) is 1. The minimum Gasteiger partial charge on any atom is -0.598 e. The summed E-state index contributed by atoms with van der Waals surface area (Å²) < 4.78 is 23.2. The van der Waals surface area contributed by atoms with Crippen molar-refractivity contribution in [3.05, 3.63) is 28.0 Å². The van der Waals surface area contributed by atoms with Crippen LogP contribution in [0.4, 0.5) is 5.95 Å². The minimum absolute atomic E-state index is 0.0112. The summed E-state index contributed by atoms with van der Waals surface area (Å²) in [5, 5.41) is 23.8. The van der Waals surface area contributed by atoms with Gasteiger partial charge in [0.1, 0.15) is 16.0 Å². The van der Waals surface area contributed by atoms with Crippen molar-refractivity contribution in [1.82, 2.24) is 34.7 Å². The van der Waals surface area contributed by atoms with Crippen LogP contribution in [-0.2, 0) is 23.1 Å². The van der Waals surface area contributed by atoms with Crippen molar-refractivity contribution in [1.29, 1.82) is 5.26 Å². The number of aryl methyl sites for hydroxylation is 1. The topological polar surface area (TPSA) is 144 Å². The average molecular weight is 603 g/mol. The zero-order valence-electron chi connectivity index (χ0n) is 22.6. The summed E-state index contributed by atoms with van der Waals surface area (Å²) in [7, 11) is 1.75. The molecule has 5 heterocycles. The van der Waals surface area contributed by atoms with Gasteiger partial charge < -0.3 is 14.2 Å². The van der Waals surface area contributed by atoms with Crippen LogP contribution in [0.5, 0.6) is 0 Å². The van der Waals surface area contributed by atoms with E-state index in [4.69, 9.17) is 32.9 Å². The van der Waals surface area contributed by atoms with E-state index in [-0.39, 0.29) is 21.9 Å². The van der Waals surface area contributed by atoms with Crippen molar-refractivity contribution in [2.75, 3.05) is 31.2 Å². The molecule has 2 fully saturated rings. The van der Waals surface area contributed by atoms with E-state index in [0.29, 0.717) is 75.6 Å². The molecule has 210 valence electrons. The SMILES string of the molecule is Cn1nc2ccc(-c3[nH]nc4nc(N5CCC6(CC5)COC[C@H]6N[S+]([O-])C(C)(C)C)nc(C#N)c34)c(Cl)c2c1Cl. The molecule has 2 aliphatic rings. The van der Waals surface area contributed by atoms with Gasteiger partial charge in [0, 0.05) is 42.5 Å². The van der Waals surface area contributed by atoms with Crippen LogP contribution in [0, 0.1) is 16.7 Å². The molecule has 2 atom stereocenters. The number of anilines is 1. The standard InChI is InChI=1S/C26H29Cl2N9O2S/c1-25(2,3)40(38)35-17-12-39-13-26(17)7-9-37(10-8-26)24-30-16(11-29)19-21(32-33-23(19)31-24)14-5-6-15-18(20(14)27)22(28)36(4)34-15/h5-6,17,35H,7-10,12-13H2,1-4H3,(H,30,31,32,33)/t17-,40?/m1/s1. The van der Waals surface area contributed by atoms with Gasteiger partial charge >= 0.3 is 0 Å². The Morgan fingerprint density at radius 1 is 1.23 bits per heavy atom. The predicted molar refractivity (Wildman–Crippen MR) is 156 cm³/mol. The fraction of sp³-hybridized carbons (Fsp3) is 0.500. The molecule has 0 amide bonds. The van der Waals surface area contributed by atoms with Crippen LogP contribution >= 0.6 is 23.2 Å². The van der Waals surface area contributed by atoms with Gasteiger partial charge in [-0.25, -0.2) is 4.98 Å². The molecule has 2 saturated heterocycles. The van der Waals surface area contributed by atoms with Gasteiger partial charge in [-0.3, -0.25) is 9.78 Å². The zero-order valence-corrected chi connectivity index (χ0v) is 24.9. The maximum atomic E-state index is 12.8. The molecule has 1 unspecified atom stereocenters. The van der Waals surface area contributed by atoms with Gasteiger partial charge in [0.2, 0.25) is 5.95 Å². The van der Waals surface area contributed by atoms with Crippen molar-refractivity contribution in [3.63, 3.8) is 0 Å². The molecule has 40 heavy (non-hydrogen) atoms. The molecule has 0 saturated carbocycles. The number of halogens is 2. The van der Waals surface area contributed by atoms with Gasteiger partial charge in [-0.1, -0.05) is 23.2 Å². The first-order valence-electron chi connectivity index (χ1n) is 13.0. The van der Waals surface area contributed by atoms with E-state index in [2.05, 4.69) is 36.0 Å². The van der Waals surface area contributed by atoms with E-state index in [1.165, 1.54) is 0 Å². The third-order valence-electron chi connectivity index (χ3n) is 7.91. The summed E-state index contributed by atoms with van der Waals surface area (Å²) in [4.78, 5) is 11.4. The number of rotatable bonds is 4. The number of benzene rings is 1. The largest absolute Gasteiger partial charge is 0.598 e. The number of aromatic amines is 1. The van der Waals surface area contributed by atoms with Gasteiger partial charge in [0.25, 0.3) is 0 Å². The molecular formula is C26H29Cl2N9O2S. The lowest BCUT2D eigenvalue weighted by Gasteiger charge is -2.42. The lowest BCUT2D eigenvalue weighted by atomic mass is 9.75. The minimum atomic E-state index is -1.18. The highest BCUT2D eigenvalue weighted by atomic mass is 35.5. The van der Waals surface area contributed by atoms with E-state index in [1.54, 1.807) is 11.7 Å². The van der Waals surface area contributed by atoms with Crippen LogP contribution in [0.2, 0.25) is 10.2 Å². The molecule has 0 radical (unpaired) electrons. The van der Waals surface area contributed by atoms with Gasteiger partial charge in [0.05, 0.1) is 46.3 Å². The summed E-state index contributed by atoms with van der Waals surface area (Å²) in [6.45, 7) is 8.40. The normalized spacial score (nSPS) is 20.1. The van der Waals surface area contributed by atoms with E-state index in [1.807, 2.05) is 32.9 Å². The van der Waals surface area contributed by atoms with E-state index >= 15 is 0 Å². The molecule has 4 aromatic rings. The van der Waals surface area contributed by atoms with Crippen molar-refractivity contribution in [2.24, 2.45) is 12.5 Å². The van der Waals surface area contributed by atoms with Gasteiger partial charge in [-0.05, 0) is 45.7 Å². The maximum Gasteiger partial charge on any atom is 0.228 e. The predicted octanol–water partition coefficient (Wildman–Crippen LogP) is 4.12. The Labute approximate surface area is 244 Å². The maximum absolute atomic E-state index is 12.8. The molecule has 14 heteroatoms. The quantitative estimate of drug-likeness (QED) is 0.330. The second-order valence-electron chi connectivity index (χ2n) is 11.4. The van der Waals surface area contributed by atoms with Crippen LogP contribution < -0.4 is 9.62 Å². The second kappa shape index (κ2) is 10.0. The smallest absolute Gasteiger partial charge is 0.228 e.